The highest BCUT2D eigenvalue weighted by Crippen LogP contribution is 2.39. The second kappa shape index (κ2) is 5.73. The van der Waals surface area contributed by atoms with Crippen LogP contribution in [0.15, 0.2) is 30.3 Å². The molecular weight excluding hydrogens is 256 g/mol. The van der Waals surface area contributed by atoms with Crippen LogP contribution in [0, 0.1) is 0 Å². The Kier molecular flexibility index (Phi) is 3.76. The molecule has 0 amide bonds. The van der Waals surface area contributed by atoms with Crippen molar-refractivity contribution in [2.75, 3.05) is 7.05 Å². The van der Waals surface area contributed by atoms with Gasteiger partial charge >= 0.3 is 0 Å². The first-order chi connectivity index (χ1) is 10.3. The van der Waals surface area contributed by atoms with Gasteiger partial charge in [0.05, 0.1) is 0 Å². The van der Waals surface area contributed by atoms with Crippen molar-refractivity contribution in [3.8, 4) is 0 Å². The summed E-state index contributed by atoms with van der Waals surface area (Å²) < 4.78 is 0. The maximum absolute atomic E-state index is 3.98. The van der Waals surface area contributed by atoms with Crippen molar-refractivity contribution in [3.63, 3.8) is 0 Å². The smallest absolute Gasteiger partial charge is 0.0110 e. The van der Waals surface area contributed by atoms with E-state index in [-0.39, 0.29) is 0 Å². The van der Waals surface area contributed by atoms with Crippen LogP contribution in [-0.4, -0.2) is 36.1 Å². The molecule has 2 bridgehead atoms. The fourth-order valence-corrected chi connectivity index (χ4v) is 4.84. The van der Waals surface area contributed by atoms with Crippen LogP contribution in [0.5, 0.6) is 0 Å². The SMILES string of the molecule is CN1C2CCCC1CC(NC1CC(c3ccccc3)C1)C2. The van der Waals surface area contributed by atoms with Crippen molar-refractivity contribution in [1.29, 1.82) is 0 Å². The Morgan fingerprint density at radius 3 is 2.19 bits per heavy atom. The second-order valence-electron chi connectivity index (χ2n) is 7.51. The molecule has 2 heterocycles. The van der Waals surface area contributed by atoms with E-state index in [9.17, 15) is 0 Å². The van der Waals surface area contributed by atoms with E-state index >= 15 is 0 Å². The van der Waals surface area contributed by atoms with Crippen LogP contribution in [0.2, 0.25) is 0 Å². The van der Waals surface area contributed by atoms with Gasteiger partial charge in [0.2, 0.25) is 0 Å². The molecular formula is C19H28N2. The van der Waals surface area contributed by atoms with E-state index in [2.05, 4.69) is 47.6 Å². The van der Waals surface area contributed by atoms with Gasteiger partial charge in [-0.2, -0.15) is 0 Å². The summed E-state index contributed by atoms with van der Waals surface area (Å²) in [5.74, 6) is 0.800. The summed E-state index contributed by atoms with van der Waals surface area (Å²) in [6.07, 6.45) is 9.72. The van der Waals surface area contributed by atoms with Gasteiger partial charge in [-0.1, -0.05) is 36.8 Å². The van der Waals surface area contributed by atoms with Crippen molar-refractivity contribution in [3.05, 3.63) is 35.9 Å². The second-order valence-corrected chi connectivity index (χ2v) is 7.51. The molecule has 0 aromatic heterocycles. The summed E-state index contributed by atoms with van der Waals surface area (Å²) in [6, 6.07) is 14.3. The standard InChI is InChI=1S/C19H28N2/c1-21-18-8-5-9-19(21)13-17(12-18)20-16-10-15(11-16)14-6-3-2-4-7-14/h2-4,6-7,15-20H,5,8-13H2,1H3. The van der Waals surface area contributed by atoms with Crippen LogP contribution < -0.4 is 5.32 Å². The minimum absolute atomic E-state index is 0.768. The molecule has 3 aliphatic rings. The lowest BCUT2D eigenvalue weighted by Gasteiger charge is -2.49. The molecule has 2 heteroatoms. The van der Waals surface area contributed by atoms with E-state index in [0.717, 1.165) is 30.1 Å². The van der Waals surface area contributed by atoms with E-state index in [1.54, 1.807) is 0 Å². The van der Waals surface area contributed by atoms with E-state index in [1.165, 1.54) is 50.5 Å². The van der Waals surface area contributed by atoms with Crippen LogP contribution in [0.25, 0.3) is 0 Å². The molecule has 1 saturated carbocycles. The lowest BCUT2D eigenvalue weighted by atomic mass is 9.74. The molecule has 2 atom stereocenters. The van der Waals surface area contributed by atoms with Gasteiger partial charge < -0.3 is 10.2 Å². The van der Waals surface area contributed by atoms with Crippen LogP contribution in [0.4, 0.5) is 0 Å². The van der Waals surface area contributed by atoms with Gasteiger partial charge in [-0.05, 0) is 57.1 Å². The number of nitrogens with one attached hydrogen (secondary N) is 1. The number of hydrogen-bond acceptors (Lipinski definition) is 2. The van der Waals surface area contributed by atoms with E-state index in [0.29, 0.717) is 0 Å². The molecule has 1 aromatic rings. The average molecular weight is 284 g/mol. The summed E-state index contributed by atoms with van der Waals surface area (Å²) in [6.45, 7) is 0. The van der Waals surface area contributed by atoms with Crippen molar-refractivity contribution in [2.24, 2.45) is 0 Å². The zero-order valence-electron chi connectivity index (χ0n) is 13.2. The molecule has 2 aliphatic heterocycles. The lowest BCUT2D eigenvalue weighted by Crippen LogP contribution is -2.57. The Labute approximate surface area is 128 Å². The Morgan fingerprint density at radius 1 is 0.905 bits per heavy atom. The molecule has 4 rings (SSSR count). The first-order valence-corrected chi connectivity index (χ1v) is 8.82. The van der Waals surface area contributed by atoms with Gasteiger partial charge in [-0.15, -0.1) is 0 Å². The monoisotopic (exact) mass is 284 g/mol. The summed E-state index contributed by atoms with van der Waals surface area (Å²) in [5.41, 5.74) is 1.54. The van der Waals surface area contributed by atoms with Crippen molar-refractivity contribution >= 4 is 0 Å². The van der Waals surface area contributed by atoms with Crippen molar-refractivity contribution in [2.45, 2.75) is 75.0 Å². The largest absolute Gasteiger partial charge is 0.311 e. The Morgan fingerprint density at radius 2 is 1.52 bits per heavy atom. The molecule has 2 unspecified atom stereocenters. The summed E-state index contributed by atoms with van der Waals surface area (Å²) in [4.78, 5) is 2.66. The van der Waals surface area contributed by atoms with Crippen LogP contribution in [-0.2, 0) is 0 Å². The number of piperidine rings is 2. The van der Waals surface area contributed by atoms with Gasteiger partial charge in [-0.3, -0.25) is 0 Å². The number of benzene rings is 1. The molecule has 0 radical (unpaired) electrons. The van der Waals surface area contributed by atoms with Crippen molar-refractivity contribution < 1.29 is 0 Å². The van der Waals surface area contributed by atoms with Gasteiger partial charge in [0, 0.05) is 24.2 Å². The molecule has 114 valence electrons. The Hall–Kier alpha value is -0.860. The highest BCUT2D eigenvalue weighted by atomic mass is 15.2. The highest BCUT2D eigenvalue weighted by Gasteiger charge is 2.38. The molecule has 1 aliphatic carbocycles. The van der Waals surface area contributed by atoms with Gasteiger partial charge in [0.25, 0.3) is 0 Å². The summed E-state index contributed by atoms with van der Waals surface area (Å²) >= 11 is 0. The number of nitrogens with zero attached hydrogens (tertiary/aromatic N) is 1. The third-order valence-corrected chi connectivity index (χ3v) is 6.22. The molecule has 2 nitrogen and oxygen atoms in total. The molecule has 2 saturated heterocycles. The van der Waals surface area contributed by atoms with Gasteiger partial charge in [-0.25, -0.2) is 0 Å². The number of fused-ring (bicyclic) bond motifs is 2. The normalized spacial score (nSPS) is 39.8. The molecule has 1 aromatic carbocycles. The van der Waals surface area contributed by atoms with E-state index < -0.39 is 0 Å². The molecule has 21 heavy (non-hydrogen) atoms. The van der Waals surface area contributed by atoms with Gasteiger partial charge in [0.15, 0.2) is 0 Å². The summed E-state index contributed by atoms with van der Waals surface area (Å²) in [5, 5.41) is 3.98. The lowest BCUT2D eigenvalue weighted by molar-refractivity contribution is 0.0417. The first-order valence-electron chi connectivity index (χ1n) is 8.82. The zero-order valence-corrected chi connectivity index (χ0v) is 13.2. The Bertz CT molecular complexity index is 452. The molecule has 1 N–H and O–H groups in total. The maximum atomic E-state index is 3.98. The predicted octanol–water partition coefficient (Wildman–Crippen LogP) is 3.54. The first kappa shape index (κ1) is 13.8. The maximum Gasteiger partial charge on any atom is 0.0110 e. The quantitative estimate of drug-likeness (QED) is 0.913. The third kappa shape index (κ3) is 2.76. The topological polar surface area (TPSA) is 15.3 Å². The summed E-state index contributed by atoms with van der Waals surface area (Å²) in [7, 11) is 2.35. The van der Waals surface area contributed by atoms with Crippen LogP contribution >= 0.6 is 0 Å². The third-order valence-electron chi connectivity index (χ3n) is 6.22. The van der Waals surface area contributed by atoms with Crippen LogP contribution in [0.1, 0.15) is 56.4 Å². The molecule has 0 spiro atoms. The van der Waals surface area contributed by atoms with E-state index in [1.807, 2.05) is 0 Å². The minimum atomic E-state index is 0.768. The fourth-order valence-electron chi connectivity index (χ4n) is 4.84. The predicted molar refractivity (Wildman–Crippen MR) is 87.6 cm³/mol. The minimum Gasteiger partial charge on any atom is -0.311 e. The van der Waals surface area contributed by atoms with Gasteiger partial charge in [0.1, 0.15) is 0 Å². The zero-order chi connectivity index (χ0) is 14.2. The highest BCUT2D eigenvalue weighted by molar-refractivity contribution is 5.22. The fraction of sp³-hybridized carbons (Fsp3) is 0.684. The van der Waals surface area contributed by atoms with Crippen molar-refractivity contribution in [1.82, 2.24) is 10.2 Å². The van der Waals surface area contributed by atoms with E-state index in [4.69, 9.17) is 0 Å². The van der Waals surface area contributed by atoms with Crippen LogP contribution in [0.3, 0.4) is 0 Å². The molecule has 3 fully saturated rings. The number of rotatable bonds is 3. The average Bonchev–Trinajstić information content (AvgIpc) is 2.44. The number of hydrogen-bond donors (Lipinski definition) is 1. The Balaban J connectivity index is 1.29.